The topological polar surface area (TPSA) is 83.6 Å². The number of carbonyl (C=O) groups excluding carboxylic acids is 2. The Hall–Kier alpha value is -1.54. The summed E-state index contributed by atoms with van der Waals surface area (Å²) in [6.07, 6.45) is 6.34. The third-order valence-corrected chi connectivity index (χ3v) is 7.70. The van der Waals surface area contributed by atoms with E-state index >= 15 is 0 Å². The number of fused-ring (bicyclic) bond motifs is 1. The van der Waals surface area contributed by atoms with E-state index in [1.54, 1.807) is 12.1 Å². The standard InChI is InChI=1S/C17H22N2O4S2/c20-16(18-10-11-24-13-6-2-1-3-7-13)12-19-17(21)14-8-4-5-9-15(14)25(19,22)23/h4-5,8-9,13H,1-3,6-7,10-12H2,(H,18,20). The lowest BCUT2D eigenvalue weighted by molar-refractivity contribution is -0.120. The molecule has 1 aliphatic carbocycles. The average molecular weight is 383 g/mol. The maximum absolute atomic E-state index is 12.4. The van der Waals surface area contributed by atoms with Crippen molar-refractivity contribution in [2.24, 2.45) is 0 Å². The van der Waals surface area contributed by atoms with Crippen molar-refractivity contribution in [3.63, 3.8) is 0 Å². The van der Waals surface area contributed by atoms with Crippen LogP contribution < -0.4 is 5.32 Å². The molecule has 8 heteroatoms. The van der Waals surface area contributed by atoms with Crippen molar-refractivity contribution in [3.8, 4) is 0 Å². The molecule has 0 atom stereocenters. The maximum Gasteiger partial charge on any atom is 0.269 e. The van der Waals surface area contributed by atoms with Gasteiger partial charge in [-0.25, -0.2) is 12.7 Å². The fourth-order valence-corrected chi connectivity index (χ4v) is 5.97. The predicted octanol–water partition coefficient (Wildman–Crippen LogP) is 2.01. The first-order chi connectivity index (χ1) is 12.0. The molecule has 2 amide bonds. The molecule has 1 fully saturated rings. The highest BCUT2D eigenvalue weighted by atomic mass is 32.2. The van der Waals surface area contributed by atoms with E-state index < -0.39 is 28.4 Å². The van der Waals surface area contributed by atoms with Crippen LogP contribution in [0.15, 0.2) is 29.2 Å². The molecule has 0 radical (unpaired) electrons. The molecule has 1 aromatic rings. The normalized spacial score (nSPS) is 19.7. The number of benzene rings is 1. The van der Waals surface area contributed by atoms with Crippen molar-refractivity contribution in [2.45, 2.75) is 42.2 Å². The molecule has 6 nitrogen and oxygen atoms in total. The second-order valence-corrected chi connectivity index (χ2v) is 9.53. The maximum atomic E-state index is 12.4. The van der Waals surface area contributed by atoms with Crippen molar-refractivity contribution in [2.75, 3.05) is 18.8 Å². The van der Waals surface area contributed by atoms with Crippen LogP contribution in [0.5, 0.6) is 0 Å². The minimum atomic E-state index is -3.92. The molecule has 1 heterocycles. The van der Waals surface area contributed by atoms with E-state index in [2.05, 4.69) is 5.32 Å². The van der Waals surface area contributed by atoms with Crippen molar-refractivity contribution in [1.29, 1.82) is 0 Å². The van der Waals surface area contributed by atoms with Gasteiger partial charge in [-0.2, -0.15) is 11.8 Å². The first kappa shape index (κ1) is 18.3. The molecule has 2 aliphatic rings. The van der Waals surface area contributed by atoms with E-state index in [0.717, 1.165) is 5.75 Å². The van der Waals surface area contributed by atoms with E-state index in [1.807, 2.05) is 11.8 Å². The first-order valence-electron chi connectivity index (χ1n) is 8.54. The zero-order valence-electron chi connectivity index (χ0n) is 13.9. The molecule has 0 saturated heterocycles. The number of thioether (sulfide) groups is 1. The van der Waals surface area contributed by atoms with Crippen LogP contribution in [0.1, 0.15) is 42.5 Å². The molecule has 3 rings (SSSR count). The van der Waals surface area contributed by atoms with Crippen LogP contribution >= 0.6 is 11.8 Å². The van der Waals surface area contributed by atoms with Gasteiger partial charge in [0.25, 0.3) is 15.9 Å². The molecule has 0 unspecified atom stereocenters. The van der Waals surface area contributed by atoms with E-state index in [9.17, 15) is 18.0 Å². The molecule has 1 N–H and O–H groups in total. The number of carbonyl (C=O) groups is 2. The Morgan fingerprint density at radius 1 is 1.20 bits per heavy atom. The number of amides is 2. The Labute approximate surface area is 152 Å². The summed E-state index contributed by atoms with van der Waals surface area (Å²) in [7, 11) is -3.92. The lowest BCUT2D eigenvalue weighted by Gasteiger charge is -2.21. The van der Waals surface area contributed by atoms with E-state index in [-0.39, 0.29) is 10.5 Å². The zero-order chi connectivity index (χ0) is 17.9. The van der Waals surface area contributed by atoms with Crippen LogP contribution in [0.2, 0.25) is 0 Å². The Morgan fingerprint density at radius 2 is 1.92 bits per heavy atom. The molecule has 1 aliphatic heterocycles. The molecule has 25 heavy (non-hydrogen) atoms. The number of hydrogen-bond donors (Lipinski definition) is 1. The Kier molecular flexibility index (Phi) is 5.68. The number of nitrogens with zero attached hydrogens (tertiary/aromatic N) is 1. The number of hydrogen-bond acceptors (Lipinski definition) is 5. The second-order valence-electron chi connectivity index (χ2n) is 6.29. The minimum Gasteiger partial charge on any atom is -0.354 e. The fraction of sp³-hybridized carbons (Fsp3) is 0.529. The molecule has 0 spiro atoms. The van der Waals surface area contributed by atoms with Gasteiger partial charge >= 0.3 is 0 Å². The Balaban J connectivity index is 1.49. The molecule has 0 bridgehead atoms. The fourth-order valence-electron chi connectivity index (χ4n) is 3.22. The Morgan fingerprint density at radius 3 is 2.64 bits per heavy atom. The monoisotopic (exact) mass is 382 g/mol. The van der Waals surface area contributed by atoms with Gasteiger partial charge in [0.15, 0.2) is 0 Å². The summed E-state index contributed by atoms with van der Waals surface area (Å²) in [5.74, 6) is -0.284. The van der Waals surface area contributed by atoms with E-state index in [4.69, 9.17) is 0 Å². The molecule has 136 valence electrons. The van der Waals surface area contributed by atoms with Crippen LogP contribution in [0.3, 0.4) is 0 Å². The summed E-state index contributed by atoms with van der Waals surface area (Å²) in [6, 6.07) is 6.03. The number of sulfonamides is 1. The average Bonchev–Trinajstić information content (AvgIpc) is 2.81. The van der Waals surface area contributed by atoms with Gasteiger partial charge in [-0.05, 0) is 25.0 Å². The summed E-state index contributed by atoms with van der Waals surface area (Å²) < 4.78 is 25.4. The first-order valence-corrected chi connectivity index (χ1v) is 11.0. The zero-order valence-corrected chi connectivity index (χ0v) is 15.6. The van der Waals surface area contributed by atoms with Gasteiger partial charge < -0.3 is 5.32 Å². The quantitative estimate of drug-likeness (QED) is 0.761. The summed E-state index contributed by atoms with van der Waals surface area (Å²) >= 11 is 1.86. The summed E-state index contributed by atoms with van der Waals surface area (Å²) in [5, 5.41) is 3.38. The van der Waals surface area contributed by atoms with Gasteiger partial charge in [-0.1, -0.05) is 31.4 Å². The van der Waals surface area contributed by atoms with E-state index in [1.165, 1.54) is 44.2 Å². The smallest absolute Gasteiger partial charge is 0.269 e. The van der Waals surface area contributed by atoms with Gasteiger partial charge in [-0.15, -0.1) is 0 Å². The van der Waals surface area contributed by atoms with Crippen molar-refractivity contribution in [1.82, 2.24) is 9.62 Å². The summed E-state index contributed by atoms with van der Waals surface area (Å²) in [6.45, 7) is 0.0129. The van der Waals surface area contributed by atoms with Crippen LogP contribution in [-0.4, -0.2) is 48.6 Å². The molecule has 0 aromatic heterocycles. The summed E-state index contributed by atoms with van der Waals surface area (Å²) in [5.41, 5.74) is 0.128. The van der Waals surface area contributed by atoms with Crippen molar-refractivity contribution in [3.05, 3.63) is 29.8 Å². The van der Waals surface area contributed by atoms with Gasteiger partial charge in [0, 0.05) is 17.5 Å². The third-order valence-electron chi connectivity index (χ3n) is 4.53. The number of rotatable bonds is 6. The lowest BCUT2D eigenvalue weighted by Crippen LogP contribution is -2.41. The van der Waals surface area contributed by atoms with Crippen LogP contribution in [0.25, 0.3) is 0 Å². The third kappa shape index (κ3) is 4.00. The highest BCUT2D eigenvalue weighted by molar-refractivity contribution is 7.99. The van der Waals surface area contributed by atoms with E-state index in [0.29, 0.717) is 16.1 Å². The van der Waals surface area contributed by atoms with Crippen molar-refractivity contribution >= 4 is 33.6 Å². The Bertz CT molecular complexity index is 758. The summed E-state index contributed by atoms with van der Waals surface area (Å²) in [4.78, 5) is 24.3. The highest BCUT2D eigenvalue weighted by Gasteiger charge is 2.41. The van der Waals surface area contributed by atoms with Gasteiger partial charge in [0.2, 0.25) is 5.91 Å². The minimum absolute atomic E-state index is 0.0272. The SMILES string of the molecule is O=C(CN1C(=O)c2ccccc2S1(=O)=O)NCCSC1CCCCC1. The molecular weight excluding hydrogens is 360 g/mol. The second kappa shape index (κ2) is 7.78. The largest absolute Gasteiger partial charge is 0.354 e. The molecule has 1 saturated carbocycles. The van der Waals surface area contributed by atoms with Crippen LogP contribution in [0.4, 0.5) is 0 Å². The van der Waals surface area contributed by atoms with Crippen LogP contribution in [0, 0.1) is 0 Å². The number of nitrogens with one attached hydrogen (secondary N) is 1. The van der Waals surface area contributed by atoms with Gasteiger partial charge in [0.05, 0.1) is 5.56 Å². The van der Waals surface area contributed by atoms with Gasteiger partial charge in [0.1, 0.15) is 11.4 Å². The predicted molar refractivity (Wildman–Crippen MR) is 97.0 cm³/mol. The van der Waals surface area contributed by atoms with Crippen molar-refractivity contribution < 1.29 is 18.0 Å². The highest BCUT2D eigenvalue weighted by Crippen LogP contribution is 2.29. The lowest BCUT2D eigenvalue weighted by atomic mass is 10.0. The molecule has 1 aromatic carbocycles. The molecular formula is C17H22N2O4S2. The van der Waals surface area contributed by atoms with Crippen LogP contribution in [-0.2, 0) is 14.8 Å². The van der Waals surface area contributed by atoms with Gasteiger partial charge in [-0.3, -0.25) is 9.59 Å².